The van der Waals surface area contributed by atoms with Crippen molar-refractivity contribution in [2.24, 2.45) is 0 Å². The van der Waals surface area contributed by atoms with E-state index in [9.17, 15) is 8.42 Å². The van der Waals surface area contributed by atoms with Gasteiger partial charge in [0.15, 0.2) is 0 Å². The molecule has 0 aromatic heterocycles. The van der Waals surface area contributed by atoms with E-state index in [1.807, 2.05) is 19.1 Å². The van der Waals surface area contributed by atoms with Gasteiger partial charge in [0.25, 0.3) is 0 Å². The van der Waals surface area contributed by atoms with Crippen molar-refractivity contribution in [3.8, 4) is 0 Å². The minimum Gasteiger partial charge on any atom is -0.207 e. The summed E-state index contributed by atoms with van der Waals surface area (Å²) in [5, 5.41) is 0. The van der Waals surface area contributed by atoms with Gasteiger partial charge >= 0.3 is 0 Å². The predicted octanol–water partition coefficient (Wildman–Crippen LogP) is 2.17. The number of hydrogen-bond acceptors (Lipinski definition) is 2. The maximum absolute atomic E-state index is 12.1. The smallest absolute Gasteiger partial charge is 0.207 e. The molecule has 1 fully saturated rings. The van der Waals surface area contributed by atoms with Gasteiger partial charge in [-0.1, -0.05) is 31.0 Å². The fourth-order valence-electron chi connectivity index (χ4n) is 1.87. The first-order valence-corrected chi connectivity index (χ1v) is 7.08. The lowest BCUT2D eigenvalue weighted by Crippen LogP contribution is -2.14. The van der Waals surface area contributed by atoms with Gasteiger partial charge in [-0.05, 0) is 25.5 Å². The number of nitrogens with zero attached hydrogens (tertiary/aromatic N) is 1. The van der Waals surface area contributed by atoms with E-state index < -0.39 is 10.0 Å². The molecule has 0 amide bonds. The van der Waals surface area contributed by atoms with Crippen molar-refractivity contribution >= 4 is 10.0 Å². The summed E-state index contributed by atoms with van der Waals surface area (Å²) >= 11 is 0. The van der Waals surface area contributed by atoms with Crippen molar-refractivity contribution in [1.82, 2.24) is 4.31 Å². The molecule has 2 unspecified atom stereocenters. The van der Waals surface area contributed by atoms with E-state index in [4.69, 9.17) is 0 Å². The Labute approximate surface area is 97.1 Å². The van der Waals surface area contributed by atoms with Crippen molar-refractivity contribution < 1.29 is 8.42 Å². The molecule has 1 heterocycles. The van der Waals surface area contributed by atoms with Crippen LogP contribution in [0.3, 0.4) is 0 Å². The van der Waals surface area contributed by atoms with E-state index in [2.05, 4.69) is 6.92 Å². The fraction of sp³-hybridized carbons (Fsp3) is 0.500. The first kappa shape index (κ1) is 11.6. The van der Waals surface area contributed by atoms with Crippen molar-refractivity contribution in [3.63, 3.8) is 0 Å². The molecule has 1 aliphatic rings. The minimum absolute atomic E-state index is 0.233. The Bertz CT molecular complexity index is 464. The first-order chi connectivity index (χ1) is 7.55. The zero-order chi connectivity index (χ0) is 11.8. The highest BCUT2D eigenvalue weighted by Gasteiger charge is 2.43. The summed E-state index contributed by atoms with van der Waals surface area (Å²) < 4.78 is 25.8. The molecule has 16 heavy (non-hydrogen) atoms. The van der Waals surface area contributed by atoms with Gasteiger partial charge in [-0.25, -0.2) is 8.42 Å². The van der Waals surface area contributed by atoms with Crippen LogP contribution in [-0.4, -0.2) is 25.3 Å². The van der Waals surface area contributed by atoms with Crippen LogP contribution in [0, 0.1) is 6.92 Å². The SMILES string of the molecule is CCCC1CN1S(=O)(=O)c1ccc(C)cc1. The van der Waals surface area contributed by atoms with Crippen LogP contribution in [-0.2, 0) is 10.0 Å². The molecule has 0 aliphatic carbocycles. The average Bonchev–Trinajstić information content (AvgIpc) is 2.99. The molecule has 1 saturated heterocycles. The Morgan fingerprint density at radius 3 is 2.50 bits per heavy atom. The molecule has 0 radical (unpaired) electrons. The van der Waals surface area contributed by atoms with Crippen LogP contribution < -0.4 is 0 Å². The molecule has 88 valence electrons. The van der Waals surface area contributed by atoms with Gasteiger partial charge in [0, 0.05) is 12.6 Å². The molecule has 0 spiro atoms. The monoisotopic (exact) mass is 239 g/mol. The van der Waals surface area contributed by atoms with E-state index in [0.29, 0.717) is 11.4 Å². The van der Waals surface area contributed by atoms with Crippen molar-refractivity contribution in [3.05, 3.63) is 29.8 Å². The van der Waals surface area contributed by atoms with E-state index in [1.165, 1.54) is 0 Å². The van der Waals surface area contributed by atoms with Crippen LogP contribution in [0.15, 0.2) is 29.2 Å². The molecule has 2 atom stereocenters. The molecule has 4 heteroatoms. The van der Waals surface area contributed by atoms with Gasteiger partial charge in [0.2, 0.25) is 10.0 Å². The predicted molar refractivity (Wildman–Crippen MR) is 63.8 cm³/mol. The van der Waals surface area contributed by atoms with E-state index in [0.717, 1.165) is 18.4 Å². The number of rotatable bonds is 4. The van der Waals surface area contributed by atoms with Crippen molar-refractivity contribution in [2.45, 2.75) is 37.6 Å². The lowest BCUT2D eigenvalue weighted by molar-refractivity contribution is 0.546. The third kappa shape index (κ3) is 2.13. The summed E-state index contributed by atoms with van der Waals surface area (Å²) in [5.74, 6) is 0. The molecule has 1 aromatic carbocycles. The van der Waals surface area contributed by atoms with E-state index in [-0.39, 0.29) is 6.04 Å². The van der Waals surface area contributed by atoms with Crippen LogP contribution >= 0.6 is 0 Å². The molecular weight excluding hydrogens is 222 g/mol. The molecule has 0 saturated carbocycles. The summed E-state index contributed by atoms with van der Waals surface area (Å²) in [6, 6.07) is 7.28. The summed E-state index contributed by atoms with van der Waals surface area (Å²) in [6.45, 7) is 4.72. The van der Waals surface area contributed by atoms with Crippen molar-refractivity contribution in [1.29, 1.82) is 0 Å². The molecule has 1 aliphatic heterocycles. The Kier molecular flexibility index (Phi) is 3.04. The second-order valence-corrected chi connectivity index (χ2v) is 6.22. The van der Waals surface area contributed by atoms with Gasteiger partial charge in [0.1, 0.15) is 0 Å². The molecular formula is C12H17NO2S. The molecule has 0 N–H and O–H groups in total. The highest BCUT2D eigenvalue weighted by atomic mass is 32.2. The van der Waals surface area contributed by atoms with Crippen LogP contribution in [0.2, 0.25) is 0 Å². The Balaban J connectivity index is 2.18. The van der Waals surface area contributed by atoms with Gasteiger partial charge in [-0.2, -0.15) is 4.31 Å². The molecule has 1 aromatic rings. The zero-order valence-corrected chi connectivity index (χ0v) is 10.5. The van der Waals surface area contributed by atoms with Gasteiger partial charge in [-0.3, -0.25) is 0 Å². The standard InChI is InChI=1S/C12H17NO2S/c1-3-4-11-9-13(11)16(14,15)12-7-5-10(2)6-8-12/h5-8,11H,3-4,9H2,1-2H3. The number of aryl methyl sites for hydroxylation is 1. The average molecular weight is 239 g/mol. The second-order valence-electron chi connectivity index (χ2n) is 4.33. The maximum Gasteiger partial charge on any atom is 0.243 e. The number of sulfonamides is 1. The third-order valence-electron chi connectivity index (χ3n) is 2.91. The van der Waals surface area contributed by atoms with Crippen LogP contribution in [0.25, 0.3) is 0 Å². The lowest BCUT2D eigenvalue weighted by Gasteiger charge is -2.06. The van der Waals surface area contributed by atoms with Crippen LogP contribution in [0.4, 0.5) is 0 Å². The minimum atomic E-state index is -3.22. The highest BCUT2D eigenvalue weighted by Crippen LogP contribution is 2.30. The Hall–Kier alpha value is -0.870. The number of hydrogen-bond donors (Lipinski definition) is 0. The molecule has 3 nitrogen and oxygen atoms in total. The molecule has 2 rings (SSSR count). The van der Waals surface area contributed by atoms with E-state index >= 15 is 0 Å². The van der Waals surface area contributed by atoms with Crippen LogP contribution in [0.5, 0.6) is 0 Å². The summed E-state index contributed by atoms with van der Waals surface area (Å²) in [4.78, 5) is 0.414. The van der Waals surface area contributed by atoms with Gasteiger partial charge in [0.05, 0.1) is 4.90 Å². The summed E-state index contributed by atoms with van der Waals surface area (Å²) in [6.07, 6.45) is 2.00. The third-order valence-corrected chi connectivity index (χ3v) is 4.85. The van der Waals surface area contributed by atoms with Gasteiger partial charge in [-0.15, -0.1) is 0 Å². The van der Waals surface area contributed by atoms with Crippen LogP contribution in [0.1, 0.15) is 25.3 Å². The highest BCUT2D eigenvalue weighted by molar-refractivity contribution is 7.89. The largest absolute Gasteiger partial charge is 0.243 e. The quantitative estimate of drug-likeness (QED) is 0.755. The Morgan fingerprint density at radius 2 is 1.94 bits per heavy atom. The number of benzene rings is 1. The fourth-order valence-corrected chi connectivity index (χ4v) is 3.49. The first-order valence-electron chi connectivity index (χ1n) is 5.64. The summed E-state index contributed by atoms with van der Waals surface area (Å²) in [5.41, 5.74) is 1.08. The molecule has 0 bridgehead atoms. The zero-order valence-electron chi connectivity index (χ0n) is 9.68. The second kappa shape index (κ2) is 4.18. The Morgan fingerprint density at radius 1 is 1.31 bits per heavy atom. The van der Waals surface area contributed by atoms with E-state index in [1.54, 1.807) is 16.4 Å². The normalized spacial score (nSPS) is 24.4. The topological polar surface area (TPSA) is 37.1 Å². The van der Waals surface area contributed by atoms with Gasteiger partial charge < -0.3 is 0 Å². The lowest BCUT2D eigenvalue weighted by atomic mass is 10.2. The summed E-state index contributed by atoms with van der Waals surface area (Å²) in [7, 11) is -3.22. The van der Waals surface area contributed by atoms with Crippen molar-refractivity contribution in [2.75, 3.05) is 6.54 Å². The maximum atomic E-state index is 12.1.